The highest BCUT2D eigenvalue weighted by atomic mass is 16.5. The summed E-state index contributed by atoms with van der Waals surface area (Å²) in [5.74, 6) is 0.950. The van der Waals surface area contributed by atoms with E-state index in [0.717, 1.165) is 23.3 Å². The molecule has 0 aromatic heterocycles. The van der Waals surface area contributed by atoms with E-state index in [2.05, 4.69) is 25.6 Å². The van der Waals surface area contributed by atoms with Crippen molar-refractivity contribution in [3.63, 3.8) is 0 Å². The third kappa shape index (κ3) is 4.48. The van der Waals surface area contributed by atoms with Gasteiger partial charge in [-0.15, -0.1) is 0 Å². The Morgan fingerprint density at radius 3 is 2.12 bits per heavy atom. The van der Waals surface area contributed by atoms with Gasteiger partial charge in [0, 0.05) is 0 Å². The Kier molecular flexibility index (Phi) is 7.87. The van der Waals surface area contributed by atoms with Gasteiger partial charge in [0.05, 0.1) is 12.9 Å². The van der Waals surface area contributed by atoms with E-state index in [1.54, 1.807) is 7.11 Å². The molecule has 17 heavy (non-hydrogen) atoms. The van der Waals surface area contributed by atoms with Gasteiger partial charge in [-0.2, -0.15) is 0 Å². The molecular weight excluding hydrogens is 208 g/mol. The molecule has 0 radical (unpaired) electrons. The molecule has 1 rings (SSSR count). The molecule has 0 aliphatic carbocycles. The van der Waals surface area contributed by atoms with E-state index >= 15 is 0 Å². The molecule has 0 bridgehead atoms. The molecule has 1 heteroatoms. The maximum absolute atomic E-state index is 5.26. The van der Waals surface area contributed by atoms with Crippen LogP contribution in [0.5, 0.6) is 0 Å². The molecule has 0 saturated heterocycles. The zero-order chi connectivity index (χ0) is 13.3. The number of rotatable bonds is 4. The lowest BCUT2D eigenvalue weighted by Crippen LogP contribution is -1.93. The van der Waals surface area contributed by atoms with Gasteiger partial charge in [-0.25, -0.2) is 0 Å². The minimum atomic E-state index is 0.938. The molecule has 0 unspecified atom stereocenters. The molecule has 1 nitrogen and oxygen atoms in total. The van der Waals surface area contributed by atoms with Crippen LogP contribution in [0.2, 0.25) is 0 Å². The predicted octanol–water partition coefficient (Wildman–Crippen LogP) is 5.06. The fourth-order valence-corrected chi connectivity index (χ4v) is 1.61. The van der Waals surface area contributed by atoms with E-state index in [1.807, 2.05) is 39.0 Å². The Morgan fingerprint density at radius 1 is 1.18 bits per heavy atom. The Labute approximate surface area is 106 Å². The van der Waals surface area contributed by atoms with Crippen LogP contribution in [0.15, 0.2) is 48.2 Å². The largest absolute Gasteiger partial charge is 0.501 e. The molecular formula is C16H24O. The molecule has 1 aromatic rings. The number of ether oxygens (including phenoxy) is 1. The van der Waals surface area contributed by atoms with Crippen molar-refractivity contribution in [1.82, 2.24) is 0 Å². The molecule has 0 N–H and O–H groups in total. The van der Waals surface area contributed by atoms with Crippen LogP contribution in [-0.4, -0.2) is 7.11 Å². The van der Waals surface area contributed by atoms with Gasteiger partial charge >= 0.3 is 0 Å². The first-order chi connectivity index (χ1) is 8.20. The molecule has 0 heterocycles. The minimum Gasteiger partial charge on any atom is -0.501 e. The second-order valence-corrected chi connectivity index (χ2v) is 3.44. The molecule has 0 spiro atoms. The number of allylic oxidation sites excluding steroid dienone is 3. The van der Waals surface area contributed by atoms with Gasteiger partial charge in [0.15, 0.2) is 0 Å². The molecule has 0 aliphatic heterocycles. The predicted molar refractivity (Wildman–Crippen MR) is 76.8 cm³/mol. The first kappa shape index (κ1) is 15.5. The van der Waals surface area contributed by atoms with Gasteiger partial charge in [-0.3, -0.25) is 0 Å². The van der Waals surface area contributed by atoms with Gasteiger partial charge in [-0.05, 0) is 30.1 Å². The van der Waals surface area contributed by atoms with Crippen LogP contribution in [0.1, 0.15) is 39.7 Å². The first-order valence-corrected chi connectivity index (χ1v) is 6.19. The van der Waals surface area contributed by atoms with Gasteiger partial charge in [0.25, 0.3) is 0 Å². The maximum Gasteiger partial charge on any atom is 0.0962 e. The molecule has 94 valence electrons. The fourth-order valence-electron chi connectivity index (χ4n) is 1.61. The van der Waals surface area contributed by atoms with Crippen molar-refractivity contribution in [1.29, 1.82) is 0 Å². The summed E-state index contributed by atoms with van der Waals surface area (Å²) < 4.78 is 5.26. The summed E-state index contributed by atoms with van der Waals surface area (Å²) in [4.78, 5) is 0. The Hall–Kier alpha value is -1.50. The summed E-state index contributed by atoms with van der Waals surface area (Å²) in [5.41, 5.74) is 3.40. The number of hydrogen-bond acceptors (Lipinski definition) is 1. The van der Waals surface area contributed by atoms with Crippen molar-refractivity contribution >= 4 is 5.57 Å². The monoisotopic (exact) mass is 232 g/mol. The topological polar surface area (TPSA) is 9.23 Å². The summed E-state index contributed by atoms with van der Waals surface area (Å²) in [7, 11) is 1.70. The SMILES string of the molecule is C=C(/C(CC)=C(/C)OC)c1ccccc1.CC. The van der Waals surface area contributed by atoms with Crippen molar-refractivity contribution < 1.29 is 4.74 Å². The van der Waals surface area contributed by atoms with Gasteiger partial charge < -0.3 is 4.74 Å². The van der Waals surface area contributed by atoms with Crippen LogP contribution >= 0.6 is 0 Å². The van der Waals surface area contributed by atoms with Crippen molar-refractivity contribution in [2.45, 2.75) is 34.1 Å². The van der Waals surface area contributed by atoms with Crippen LogP contribution < -0.4 is 0 Å². The van der Waals surface area contributed by atoms with Gasteiger partial charge in [-0.1, -0.05) is 57.7 Å². The van der Waals surface area contributed by atoms with Gasteiger partial charge in [0.1, 0.15) is 0 Å². The minimum absolute atomic E-state index is 0.938. The van der Waals surface area contributed by atoms with Crippen LogP contribution in [-0.2, 0) is 4.74 Å². The zero-order valence-electron chi connectivity index (χ0n) is 11.7. The smallest absolute Gasteiger partial charge is 0.0962 e. The summed E-state index contributed by atoms with van der Waals surface area (Å²) in [6, 6.07) is 10.2. The summed E-state index contributed by atoms with van der Waals surface area (Å²) >= 11 is 0. The number of hydrogen-bond donors (Lipinski definition) is 0. The molecule has 0 saturated carbocycles. The lowest BCUT2D eigenvalue weighted by atomic mass is 9.97. The van der Waals surface area contributed by atoms with E-state index in [9.17, 15) is 0 Å². The van der Waals surface area contributed by atoms with Crippen molar-refractivity contribution in [2.75, 3.05) is 7.11 Å². The fraction of sp³-hybridized carbons (Fsp3) is 0.375. The first-order valence-electron chi connectivity index (χ1n) is 6.19. The molecule has 0 amide bonds. The van der Waals surface area contributed by atoms with E-state index in [0.29, 0.717) is 0 Å². The van der Waals surface area contributed by atoms with Crippen molar-refractivity contribution in [3.8, 4) is 0 Å². The maximum atomic E-state index is 5.26. The van der Waals surface area contributed by atoms with E-state index in [4.69, 9.17) is 4.74 Å². The van der Waals surface area contributed by atoms with Crippen LogP contribution in [0.4, 0.5) is 0 Å². The van der Waals surface area contributed by atoms with Crippen LogP contribution in [0, 0.1) is 0 Å². The average molecular weight is 232 g/mol. The van der Waals surface area contributed by atoms with Crippen LogP contribution in [0.25, 0.3) is 5.57 Å². The van der Waals surface area contributed by atoms with Crippen molar-refractivity contribution in [3.05, 3.63) is 53.8 Å². The number of benzene rings is 1. The summed E-state index contributed by atoms with van der Waals surface area (Å²) in [6.45, 7) is 12.2. The highest BCUT2D eigenvalue weighted by Gasteiger charge is 2.07. The second-order valence-electron chi connectivity index (χ2n) is 3.44. The van der Waals surface area contributed by atoms with Crippen molar-refractivity contribution in [2.24, 2.45) is 0 Å². The van der Waals surface area contributed by atoms with E-state index in [1.165, 1.54) is 5.57 Å². The highest BCUT2D eigenvalue weighted by Crippen LogP contribution is 2.26. The van der Waals surface area contributed by atoms with Crippen LogP contribution in [0.3, 0.4) is 0 Å². The summed E-state index contributed by atoms with van der Waals surface area (Å²) in [6.07, 6.45) is 0.938. The molecule has 0 fully saturated rings. The highest BCUT2D eigenvalue weighted by molar-refractivity contribution is 5.77. The average Bonchev–Trinajstić information content (AvgIpc) is 2.42. The normalized spacial score (nSPS) is 10.9. The molecule has 0 atom stereocenters. The van der Waals surface area contributed by atoms with Gasteiger partial charge in [0.2, 0.25) is 0 Å². The standard InChI is InChI=1S/C14H18O.C2H6/c1-5-14(12(3)15-4)11(2)13-9-7-6-8-10-13;1-2/h6-10H,2,5H2,1,3-4H3;1-2H3/b14-12-;. The summed E-state index contributed by atoms with van der Waals surface area (Å²) in [5, 5.41) is 0. The lowest BCUT2D eigenvalue weighted by Gasteiger charge is -2.12. The third-order valence-electron chi connectivity index (χ3n) is 2.57. The molecule has 1 aromatic carbocycles. The second kappa shape index (κ2) is 8.63. The number of methoxy groups -OCH3 is 1. The quantitative estimate of drug-likeness (QED) is 0.521. The molecule has 0 aliphatic rings. The zero-order valence-corrected chi connectivity index (χ0v) is 11.7. The third-order valence-corrected chi connectivity index (χ3v) is 2.57. The van der Waals surface area contributed by atoms with E-state index < -0.39 is 0 Å². The Morgan fingerprint density at radius 2 is 1.71 bits per heavy atom. The van der Waals surface area contributed by atoms with E-state index in [-0.39, 0.29) is 0 Å². The Bertz CT molecular complexity index is 360. The Balaban J connectivity index is 0.00000121. The lowest BCUT2D eigenvalue weighted by molar-refractivity contribution is 0.289.